The number of hydrogen-bond donors (Lipinski definition) is 0. The standard InChI is InChI=1S/C6H2F2N2O4/c7-5-3(9(11)12)1-2-4(6(5)8)10(13)14/h1-2H. The molecule has 8 heteroatoms. The average molecular weight is 204 g/mol. The van der Waals surface area contributed by atoms with E-state index in [1.165, 1.54) is 0 Å². The molecule has 0 spiro atoms. The molecule has 0 aliphatic heterocycles. The highest BCUT2D eigenvalue weighted by Crippen LogP contribution is 2.26. The van der Waals surface area contributed by atoms with Crippen LogP contribution in [0.1, 0.15) is 0 Å². The normalized spacial score (nSPS) is 9.86. The Bertz CT molecular complexity index is 382. The Morgan fingerprint density at radius 3 is 1.43 bits per heavy atom. The summed E-state index contributed by atoms with van der Waals surface area (Å²) in [5.74, 6) is -3.66. The number of nitrogens with zero attached hydrogens (tertiary/aromatic N) is 2. The molecular weight excluding hydrogens is 202 g/mol. The maximum atomic E-state index is 12.8. The zero-order valence-corrected chi connectivity index (χ0v) is 6.44. The molecule has 0 atom stereocenters. The molecule has 0 radical (unpaired) electrons. The lowest BCUT2D eigenvalue weighted by atomic mass is 10.2. The van der Waals surface area contributed by atoms with Gasteiger partial charge in [-0.25, -0.2) is 0 Å². The van der Waals surface area contributed by atoms with E-state index < -0.39 is 32.9 Å². The Hall–Kier alpha value is -2.12. The topological polar surface area (TPSA) is 86.3 Å². The van der Waals surface area contributed by atoms with Crippen LogP contribution < -0.4 is 0 Å². The zero-order chi connectivity index (χ0) is 10.9. The van der Waals surface area contributed by atoms with E-state index in [-0.39, 0.29) is 0 Å². The molecule has 0 bridgehead atoms. The van der Waals surface area contributed by atoms with E-state index in [1.807, 2.05) is 0 Å². The fourth-order valence-electron chi connectivity index (χ4n) is 0.811. The van der Waals surface area contributed by atoms with Crippen LogP contribution in [-0.2, 0) is 0 Å². The van der Waals surface area contributed by atoms with E-state index in [9.17, 15) is 29.0 Å². The number of nitro groups is 2. The molecule has 14 heavy (non-hydrogen) atoms. The van der Waals surface area contributed by atoms with Gasteiger partial charge in [0.1, 0.15) is 0 Å². The molecule has 1 aromatic rings. The second-order valence-corrected chi connectivity index (χ2v) is 2.25. The van der Waals surface area contributed by atoms with Crippen LogP contribution >= 0.6 is 0 Å². The number of rotatable bonds is 2. The van der Waals surface area contributed by atoms with Gasteiger partial charge < -0.3 is 0 Å². The Balaban J connectivity index is 3.41. The van der Waals surface area contributed by atoms with Crippen molar-refractivity contribution >= 4 is 11.4 Å². The maximum Gasteiger partial charge on any atom is 0.308 e. The van der Waals surface area contributed by atoms with Crippen LogP contribution in [0.4, 0.5) is 20.2 Å². The summed E-state index contributed by atoms with van der Waals surface area (Å²) in [4.78, 5) is 17.8. The van der Waals surface area contributed by atoms with E-state index in [4.69, 9.17) is 0 Å². The third-order valence-corrected chi connectivity index (χ3v) is 1.43. The predicted octanol–water partition coefficient (Wildman–Crippen LogP) is 1.78. The third-order valence-electron chi connectivity index (χ3n) is 1.43. The van der Waals surface area contributed by atoms with Crippen molar-refractivity contribution in [3.8, 4) is 0 Å². The molecule has 0 amide bonds. The lowest BCUT2D eigenvalue weighted by Gasteiger charge is -1.96. The van der Waals surface area contributed by atoms with E-state index in [0.29, 0.717) is 12.1 Å². The van der Waals surface area contributed by atoms with Crippen LogP contribution in [0.3, 0.4) is 0 Å². The summed E-state index contributed by atoms with van der Waals surface area (Å²) in [6, 6.07) is 1.08. The summed E-state index contributed by atoms with van der Waals surface area (Å²) in [5.41, 5.74) is -2.26. The minimum atomic E-state index is -1.83. The predicted molar refractivity (Wildman–Crippen MR) is 39.7 cm³/mol. The highest BCUT2D eigenvalue weighted by Gasteiger charge is 2.26. The first-order chi connectivity index (χ1) is 6.45. The van der Waals surface area contributed by atoms with Crippen LogP contribution in [0.25, 0.3) is 0 Å². The minimum absolute atomic E-state index is 0.538. The summed E-state index contributed by atoms with van der Waals surface area (Å²) in [5, 5.41) is 20.2. The number of halogens is 2. The number of hydrogen-bond acceptors (Lipinski definition) is 4. The minimum Gasteiger partial charge on any atom is -0.258 e. The Morgan fingerprint density at radius 1 is 0.929 bits per heavy atom. The monoisotopic (exact) mass is 204 g/mol. The van der Waals surface area contributed by atoms with Gasteiger partial charge in [-0.3, -0.25) is 20.2 Å². The molecule has 0 saturated carbocycles. The number of benzene rings is 1. The van der Waals surface area contributed by atoms with Crippen LogP contribution in [0.15, 0.2) is 12.1 Å². The van der Waals surface area contributed by atoms with Crippen molar-refractivity contribution in [1.82, 2.24) is 0 Å². The molecule has 0 aliphatic carbocycles. The molecule has 6 nitrogen and oxygen atoms in total. The van der Waals surface area contributed by atoms with E-state index in [1.54, 1.807) is 0 Å². The van der Waals surface area contributed by atoms with Crippen molar-refractivity contribution in [1.29, 1.82) is 0 Å². The third kappa shape index (κ3) is 1.49. The average Bonchev–Trinajstić information content (AvgIpc) is 2.08. The van der Waals surface area contributed by atoms with Gasteiger partial charge in [0, 0.05) is 12.1 Å². The van der Waals surface area contributed by atoms with Crippen molar-refractivity contribution in [2.75, 3.05) is 0 Å². The molecule has 0 unspecified atom stereocenters. The van der Waals surface area contributed by atoms with Crippen LogP contribution in [0.5, 0.6) is 0 Å². The highest BCUT2D eigenvalue weighted by molar-refractivity contribution is 5.43. The second kappa shape index (κ2) is 3.32. The van der Waals surface area contributed by atoms with E-state index >= 15 is 0 Å². The van der Waals surface area contributed by atoms with E-state index in [0.717, 1.165) is 0 Å². The molecule has 0 heterocycles. The first kappa shape index (κ1) is 9.96. The van der Waals surface area contributed by atoms with Gasteiger partial charge in [0.2, 0.25) is 11.6 Å². The van der Waals surface area contributed by atoms with Gasteiger partial charge in [0.15, 0.2) is 0 Å². The fraction of sp³-hybridized carbons (Fsp3) is 0. The lowest BCUT2D eigenvalue weighted by Crippen LogP contribution is -2.00. The van der Waals surface area contributed by atoms with E-state index in [2.05, 4.69) is 0 Å². The molecule has 0 aromatic heterocycles. The van der Waals surface area contributed by atoms with Crippen LogP contribution in [0, 0.1) is 31.9 Å². The van der Waals surface area contributed by atoms with Crippen molar-refractivity contribution in [3.63, 3.8) is 0 Å². The Morgan fingerprint density at radius 2 is 1.21 bits per heavy atom. The SMILES string of the molecule is O=[N+]([O-])c1ccc([N+](=O)[O-])c(F)c1F. The van der Waals surface area contributed by atoms with Crippen molar-refractivity contribution in [2.45, 2.75) is 0 Å². The van der Waals surface area contributed by atoms with Crippen molar-refractivity contribution in [3.05, 3.63) is 44.0 Å². The lowest BCUT2D eigenvalue weighted by molar-refractivity contribution is -0.393. The maximum absolute atomic E-state index is 12.8. The molecule has 74 valence electrons. The molecule has 0 N–H and O–H groups in total. The van der Waals surface area contributed by atoms with Crippen molar-refractivity contribution in [2.24, 2.45) is 0 Å². The molecule has 0 saturated heterocycles. The van der Waals surface area contributed by atoms with Crippen molar-refractivity contribution < 1.29 is 18.6 Å². The summed E-state index contributed by atoms with van der Waals surface area (Å²) in [6.07, 6.45) is 0. The quantitative estimate of drug-likeness (QED) is 0.542. The van der Waals surface area contributed by atoms with Gasteiger partial charge in [-0.15, -0.1) is 0 Å². The molecule has 0 fully saturated rings. The summed E-state index contributed by atoms with van der Waals surface area (Å²) in [6.45, 7) is 0. The van der Waals surface area contributed by atoms with Gasteiger partial charge in [0.05, 0.1) is 9.85 Å². The zero-order valence-electron chi connectivity index (χ0n) is 6.44. The van der Waals surface area contributed by atoms with Crippen LogP contribution in [0.2, 0.25) is 0 Å². The molecule has 1 rings (SSSR count). The van der Waals surface area contributed by atoms with Gasteiger partial charge >= 0.3 is 11.4 Å². The molecular formula is C6H2F2N2O4. The van der Waals surface area contributed by atoms with Gasteiger partial charge in [-0.2, -0.15) is 8.78 Å². The summed E-state index contributed by atoms with van der Waals surface area (Å²) in [7, 11) is 0. The van der Waals surface area contributed by atoms with Gasteiger partial charge in [-0.1, -0.05) is 0 Å². The Kier molecular flexibility index (Phi) is 2.36. The number of nitro benzene ring substituents is 2. The van der Waals surface area contributed by atoms with Gasteiger partial charge in [-0.05, 0) is 0 Å². The fourth-order valence-corrected chi connectivity index (χ4v) is 0.811. The first-order valence-electron chi connectivity index (χ1n) is 3.22. The Labute approximate surface area is 75.1 Å². The second-order valence-electron chi connectivity index (χ2n) is 2.25. The molecule has 1 aromatic carbocycles. The van der Waals surface area contributed by atoms with Crippen LogP contribution in [-0.4, -0.2) is 9.85 Å². The largest absolute Gasteiger partial charge is 0.308 e. The summed E-state index contributed by atoms with van der Waals surface area (Å²) < 4.78 is 25.5. The summed E-state index contributed by atoms with van der Waals surface area (Å²) >= 11 is 0. The highest BCUT2D eigenvalue weighted by atomic mass is 19.2. The van der Waals surface area contributed by atoms with Gasteiger partial charge in [0.25, 0.3) is 0 Å². The molecule has 0 aliphatic rings. The first-order valence-corrected chi connectivity index (χ1v) is 3.22. The smallest absolute Gasteiger partial charge is 0.258 e.